The van der Waals surface area contributed by atoms with Gasteiger partial charge < -0.3 is 14.9 Å². The highest BCUT2D eigenvalue weighted by Gasteiger charge is 2.26. The first kappa shape index (κ1) is 12.9. The summed E-state index contributed by atoms with van der Waals surface area (Å²) in [7, 11) is 0. The van der Waals surface area contributed by atoms with Gasteiger partial charge in [-0.3, -0.25) is 4.79 Å². The van der Waals surface area contributed by atoms with Gasteiger partial charge in [-0.2, -0.15) is 0 Å². The Morgan fingerprint density at radius 2 is 2.15 bits per heavy atom. The highest BCUT2D eigenvalue weighted by atomic mass is 32.1. The lowest BCUT2D eigenvalue weighted by atomic mass is 9.95. The Balaban J connectivity index is 1.95. The molecule has 2 aromatic heterocycles. The van der Waals surface area contributed by atoms with Crippen LogP contribution in [0.4, 0.5) is 5.00 Å². The predicted molar refractivity (Wildman–Crippen MR) is 72.4 cm³/mol. The summed E-state index contributed by atoms with van der Waals surface area (Å²) in [5.74, 6) is -1.46. The summed E-state index contributed by atoms with van der Waals surface area (Å²) in [5.41, 5.74) is 1.22. The third kappa shape index (κ3) is 2.20. The number of hydrogen-bond donors (Lipinski definition) is 2. The Morgan fingerprint density at radius 1 is 1.35 bits per heavy atom. The quantitative estimate of drug-likeness (QED) is 0.907. The van der Waals surface area contributed by atoms with Crippen molar-refractivity contribution >= 4 is 28.2 Å². The molecule has 7 heteroatoms. The van der Waals surface area contributed by atoms with E-state index in [0.29, 0.717) is 5.00 Å². The average Bonchev–Trinajstić information content (AvgIpc) is 3.05. The first-order valence-corrected chi connectivity index (χ1v) is 7.08. The molecule has 1 amide bonds. The molecule has 0 atom stereocenters. The standard InChI is InChI=1S/C13H12N2O4S/c16-11(8-5-6-19-15-8)14-12-10(13(17)18)7-3-1-2-4-9(7)20-12/h5-6H,1-4H2,(H,14,16)(H,17,18). The molecule has 6 nitrogen and oxygen atoms in total. The number of aryl methyl sites for hydroxylation is 1. The number of anilines is 1. The second-order valence-electron chi connectivity index (χ2n) is 4.56. The monoisotopic (exact) mass is 292 g/mol. The van der Waals surface area contributed by atoms with Crippen molar-refractivity contribution in [2.75, 3.05) is 5.32 Å². The molecular formula is C13H12N2O4S. The zero-order chi connectivity index (χ0) is 14.1. The van der Waals surface area contributed by atoms with E-state index in [0.717, 1.165) is 36.1 Å². The molecule has 1 aliphatic rings. The highest BCUT2D eigenvalue weighted by molar-refractivity contribution is 7.17. The number of carboxylic acid groups (broad SMARTS) is 1. The number of carbonyl (C=O) groups is 2. The van der Waals surface area contributed by atoms with Crippen LogP contribution in [0.3, 0.4) is 0 Å². The Morgan fingerprint density at radius 3 is 2.85 bits per heavy atom. The maximum absolute atomic E-state index is 11.9. The molecule has 2 N–H and O–H groups in total. The molecule has 2 aromatic rings. The molecule has 0 spiro atoms. The maximum Gasteiger partial charge on any atom is 0.339 e. The van der Waals surface area contributed by atoms with E-state index in [-0.39, 0.29) is 11.3 Å². The van der Waals surface area contributed by atoms with Crippen LogP contribution in [-0.2, 0) is 12.8 Å². The number of carbonyl (C=O) groups excluding carboxylic acids is 1. The molecule has 3 rings (SSSR count). The number of hydrogen-bond acceptors (Lipinski definition) is 5. The van der Waals surface area contributed by atoms with E-state index in [9.17, 15) is 14.7 Å². The van der Waals surface area contributed by atoms with Crippen LogP contribution in [0.25, 0.3) is 0 Å². The topological polar surface area (TPSA) is 92.4 Å². The zero-order valence-corrected chi connectivity index (χ0v) is 11.3. The highest BCUT2D eigenvalue weighted by Crippen LogP contribution is 2.38. The van der Waals surface area contributed by atoms with Gasteiger partial charge in [0.1, 0.15) is 11.3 Å². The third-order valence-electron chi connectivity index (χ3n) is 3.28. The average molecular weight is 292 g/mol. The van der Waals surface area contributed by atoms with Gasteiger partial charge in [0.15, 0.2) is 5.69 Å². The number of nitrogens with one attached hydrogen (secondary N) is 1. The summed E-state index contributed by atoms with van der Waals surface area (Å²) in [6.07, 6.45) is 4.98. The van der Waals surface area contributed by atoms with Gasteiger partial charge in [0, 0.05) is 10.9 Å². The zero-order valence-electron chi connectivity index (χ0n) is 10.5. The van der Waals surface area contributed by atoms with Crippen LogP contribution in [0.1, 0.15) is 44.1 Å². The fraction of sp³-hybridized carbons (Fsp3) is 0.308. The minimum atomic E-state index is -1.00. The Kier molecular flexibility index (Phi) is 3.27. The summed E-state index contributed by atoms with van der Waals surface area (Å²) >= 11 is 1.34. The molecule has 20 heavy (non-hydrogen) atoms. The van der Waals surface area contributed by atoms with Crippen molar-refractivity contribution in [2.24, 2.45) is 0 Å². The van der Waals surface area contributed by atoms with Gasteiger partial charge in [-0.25, -0.2) is 4.79 Å². The normalized spacial score (nSPS) is 13.8. The predicted octanol–water partition coefficient (Wildman–Crippen LogP) is 2.57. The molecule has 0 radical (unpaired) electrons. The molecule has 0 aromatic carbocycles. The molecule has 104 valence electrons. The van der Waals surface area contributed by atoms with Crippen molar-refractivity contribution in [1.29, 1.82) is 0 Å². The van der Waals surface area contributed by atoms with Crippen LogP contribution in [0.2, 0.25) is 0 Å². The second kappa shape index (κ2) is 5.09. The summed E-state index contributed by atoms with van der Waals surface area (Å²) in [4.78, 5) is 24.4. The third-order valence-corrected chi connectivity index (χ3v) is 4.49. The number of aromatic carboxylic acids is 1. The number of fused-ring (bicyclic) bond motifs is 1. The molecule has 0 unspecified atom stereocenters. The molecule has 0 saturated heterocycles. The fourth-order valence-electron chi connectivity index (χ4n) is 2.38. The first-order chi connectivity index (χ1) is 9.66. The maximum atomic E-state index is 11.9. The molecule has 0 aliphatic heterocycles. The molecule has 0 bridgehead atoms. The second-order valence-corrected chi connectivity index (χ2v) is 5.66. The van der Waals surface area contributed by atoms with E-state index < -0.39 is 11.9 Å². The van der Waals surface area contributed by atoms with Gasteiger partial charge in [-0.15, -0.1) is 11.3 Å². The van der Waals surface area contributed by atoms with Crippen molar-refractivity contribution in [2.45, 2.75) is 25.7 Å². The van der Waals surface area contributed by atoms with Crippen LogP contribution in [0, 0.1) is 0 Å². The van der Waals surface area contributed by atoms with Crippen LogP contribution in [-0.4, -0.2) is 22.1 Å². The van der Waals surface area contributed by atoms with E-state index in [1.807, 2.05) is 0 Å². The van der Waals surface area contributed by atoms with Crippen molar-refractivity contribution < 1.29 is 19.2 Å². The van der Waals surface area contributed by atoms with Crippen molar-refractivity contribution in [1.82, 2.24) is 5.16 Å². The largest absolute Gasteiger partial charge is 0.478 e. The Bertz CT molecular complexity index is 660. The van der Waals surface area contributed by atoms with Gasteiger partial charge in [0.25, 0.3) is 5.91 Å². The first-order valence-electron chi connectivity index (χ1n) is 6.26. The number of rotatable bonds is 3. The minimum absolute atomic E-state index is 0.132. The molecule has 1 aliphatic carbocycles. The van der Waals surface area contributed by atoms with Crippen LogP contribution in [0.15, 0.2) is 16.9 Å². The lowest BCUT2D eigenvalue weighted by molar-refractivity contribution is 0.0697. The van der Waals surface area contributed by atoms with Crippen molar-refractivity contribution in [3.8, 4) is 0 Å². The van der Waals surface area contributed by atoms with Crippen molar-refractivity contribution in [3.63, 3.8) is 0 Å². The van der Waals surface area contributed by atoms with Gasteiger partial charge in [0.2, 0.25) is 0 Å². The minimum Gasteiger partial charge on any atom is -0.478 e. The molecular weight excluding hydrogens is 280 g/mol. The van der Waals surface area contributed by atoms with Crippen LogP contribution in [0.5, 0.6) is 0 Å². The van der Waals surface area contributed by atoms with Crippen molar-refractivity contribution in [3.05, 3.63) is 34.0 Å². The summed E-state index contributed by atoms with van der Waals surface area (Å²) in [6.45, 7) is 0. The number of amides is 1. The summed E-state index contributed by atoms with van der Waals surface area (Å²) in [6, 6.07) is 1.43. The lowest BCUT2D eigenvalue weighted by Gasteiger charge is -2.10. The van der Waals surface area contributed by atoms with E-state index in [1.165, 1.54) is 23.7 Å². The van der Waals surface area contributed by atoms with E-state index in [1.54, 1.807) is 0 Å². The van der Waals surface area contributed by atoms with Gasteiger partial charge >= 0.3 is 5.97 Å². The molecule has 0 fully saturated rings. The lowest BCUT2D eigenvalue weighted by Crippen LogP contribution is -2.14. The Labute approximate surface area is 118 Å². The van der Waals surface area contributed by atoms with Crippen LogP contribution >= 0.6 is 11.3 Å². The van der Waals surface area contributed by atoms with Crippen LogP contribution < -0.4 is 5.32 Å². The summed E-state index contributed by atoms with van der Waals surface area (Å²) in [5, 5.41) is 15.9. The molecule has 0 saturated carbocycles. The van der Waals surface area contributed by atoms with Gasteiger partial charge in [-0.05, 0) is 31.2 Å². The number of carboxylic acids is 1. The van der Waals surface area contributed by atoms with E-state index in [4.69, 9.17) is 0 Å². The summed E-state index contributed by atoms with van der Waals surface area (Å²) < 4.78 is 4.61. The molecule has 2 heterocycles. The fourth-order valence-corrected chi connectivity index (χ4v) is 3.65. The smallest absolute Gasteiger partial charge is 0.339 e. The SMILES string of the molecule is O=C(Nc1sc2c(c1C(=O)O)CCCC2)c1ccon1. The van der Waals surface area contributed by atoms with Gasteiger partial charge in [0.05, 0.1) is 5.56 Å². The number of thiophene rings is 1. The van der Waals surface area contributed by atoms with E-state index in [2.05, 4.69) is 15.0 Å². The van der Waals surface area contributed by atoms with Gasteiger partial charge in [-0.1, -0.05) is 5.16 Å². The number of aromatic nitrogens is 1. The number of nitrogens with zero attached hydrogens (tertiary/aromatic N) is 1. The Hall–Kier alpha value is -2.15. The van der Waals surface area contributed by atoms with E-state index >= 15 is 0 Å².